The van der Waals surface area contributed by atoms with E-state index in [1.165, 1.54) is 19.3 Å². The summed E-state index contributed by atoms with van der Waals surface area (Å²) in [5.41, 5.74) is 0. The first-order chi connectivity index (χ1) is 8.31. The Hall–Kier alpha value is -0.570. The lowest BCUT2D eigenvalue weighted by Crippen LogP contribution is -2.38. The van der Waals surface area contributed by atoms with E-state index in [1.54, 1.807) is 0 Å². The van der Waals surface area contributed by atoms with Gasteiger partial charge in [-0.25, -0.2) is 0 Å². The topological polar surface area (TPSA) is 38.3 Å². The lowest BCUT2D eigenvalue weighted by atomic mass is 9.84. The van der Waals surface area contributed by atoms with Gasteiger partial charge < -0.3 is 10.1 Å². The fourth-order valence-corrected chi connectivity index (χ4v) is 3.09. The van der Waals surface area contributed by atoms with Gasteiger partial charge in [0.1, 0.15) is 6.10 Å². The second-order valence-electron chi connectivity index (χ2n) is 5.47. The molecule has 2 fully saturated rings. The molecule has 0 amide bonds. The smallest absolute Gasteiger partial charge is 0.310 e. The van der Waals surface area contributed by atoms with E-state index in [0.717, 1.165) is 38.8 Å². The molecule has 2 unspecified atom stereocenters. The molecule has 2 aliphatic rings. The van der Waals surface area contributed by atoms with Crippen molar-refractivity contribution in [3.05, 3.63) is 0 Å². The van der Waals surface area contributed by atoms with Gasteiger partial charge in [-0.05, 0) is 51.0 Å². The predicted octanol–water partition coefficient (Wildman–Crippen LogP) is 2.50. The predicted molar refractivity (Wildman–Crippen MR) is 67.7 cm³/mol. The molecule has 3 nitrogen and oxygen atoms in total. The number of esters is 1. The molecule has 0 radical (unpaired) electrons. The number of nitrogens with one attached hydrogen (secondary N) is 1. The Bertz CT molecular complexity index is 249. The molecule has 17 heavy (non-hydrogen) atoms. The summed E-state index contributed by atoms with van der Waals surface area (Å²) in [4.78, 5) is 12.1. The maximum Gasteiger partial charge on any atom is 0.310 e. The molecule has 0 bridgehead atoms. The first-order valence-corrected chi connectivity index (χ1v) is 7.22. The third-order valence-electron chi connectivity index (χ3n) is 4.26. The zero-order valence-electron chi connectivity index (χ0n) is 10.9. The molecule has 0 aromatic carbocycles. The highest BCUT2D eigenvalue weighted by molar-refractivity contribution is 5.73. The van der Waals surface area contributed by atoms with Crippen LogP contribution in [0.1, 0.15) is 51.9 Å². The van der Waals surface area contributed by atoms with Crippen LogP contribution in [0.2, 0.25) is 0 Å². The van der Waals surface area contributed by atoms with Gasteiger partial charge in [-0.2, -0.15) is 0 Å². The molecule has 1 heterocycles. The van der Waals surface area contributed by atoms with Gasteiger partial charge in [0.25, 0.3) is 0 Å². The molecular weight excluding hydrogens is 214 g/mol. The fourth-order valence-electron chi connectivity index (χ4n) is 3.09. The SMILES string of the molecule is CCC1CCCCC1OC(=O)[C@@H]1CCCNC1. The number of rotatable bonds is 3. The van der Waals surface area contributed by atoms with E-state index in [4.69, 9.17) is 4.74 Å². The molecule has 0 spiro atoms. The Balaban J connectivity index is 1.83. The van der Waals surface area contributed by atoms with Crippen molar-refractivity contribution in [3.8, 4) is 0 Å². The molecule has 2 rings (SSSR count). The first-order valence-electron chi connectivity index (χ1n) is 7.22. The average Bonchev–Trinajstić information content (AvgIpc) is 2.40. The van der Waals surface area contributed by atoms with Crippen molar-refractivity contribution in [2.45, 2.75) is 58.0 Å². The van der Waals surface area contributed by atoms with Crippen LogP contribution in [0.4, 0.5) is 0 Å². The summed E-state index contributed by atoms with van der Waals surface area (Å²) in [6.07, 6.45) is 8.26. The molecule has 3 heteroatoms. The highest BCUT2D eigenvalue weighted by Crippen LogP contribution is 2.30. The minimum absolute atomic E-state index is 0.0440. The van der Waals surface area contributed by atoms with Crippen molar-refractivity contribution in [3.63, 3.8) is 0 Å². The minimum atomic E-state index is 0.0440. The van der Waals surface area contributed by atoms with Gasteiger partial charge >= 0.3 is 5.97 Å². The van der Waals surface area contributed by atoms with Gasteiger partial charge in [-0.1, -0.05) is 13.3 Å². The summed E-state index contributed by atoms with van der Waals surface area (Å²) >= 11 is 0. The second kappa shape index (κ2) is 6.39. The van der Waals surface area contributed by atoms with Crippen LogP contribution in [-0.4, -0.2) is 25.2 Å². The zero-order valence-corrected chi connectivity index (χ0v) is 10.9. The Labute approximate surface area is 104 Å². The summed E-state index contributed by atoms with van der Waals surface area (Å²) in [5, 5.41) is 3.28. The summed E-state index contributed by atoms with van der Waals surface area (Å²) < 4.78 is 5.76. The monoisotopic (exact) mass is 239 g/mol. The van der Waals surface area contributed by atoms with Crippen LogP contribution in [0.15, 0.2) is 0 Å². The van der Waals surface area contributed by atoms with Crippen molar-refractivity contribution in [2.75, 3.05) is 13.1 Å². The number of piperidine rings is 1. The van der Waals surface area contributed by atoms with Crippen LogP contribution in [0.25, 0.3) is 0 Å². The number of carbonyl (C=O) groups is 1. The minimum Gasteiger partial charge on any atom is -0.462 e. The lowest BCUT2D eigenvalue weighted by Gasteiger charge is -2.32. The van der Waals surface area contributed by atoms with Gasteiger partial charge in [0.05, 0.1) is 5.92 Å². The van der Waals surface area contributed by atoms with Crippen LogP contribution in [0.5, 0.6) is 0 Å². The van der Waals surface area contributed by atoms with E-state index in [2.05, 4.69) is 12.2 Å². The molecule has 0 aromatic rings. The number of hydrogen-bond acceptors (Lipinski definition) is 3. The molecular formula is C14H25NO2. The molecule has 1 aliphatic heterocycles. The molecule has 1 saturated heterocycles. The van der Waals surface area contributed by atoms with Gasteiger partial charge in [-0.3, -0.25) is 4.79 Å². The first kappa shape index (κ1) is 12.9. The zero-order chi connectivity index (χ0) is 12.1. The Morgan fingerprint density at radius 1 is 1.24 bits per heavy atom. The highest BCUT2D eigenvalue weighted by atomic mass is 16.5. The van der Waals surface area contributed by atoms with E-state index in [-0.39, 0.29) is 18.0 Å². The molecule has 1 N–H and O–H groups in total. The van der Waals surface area contributed by atoms with E-state index >= 15 is 0 Å². The van der Waals surface area contributed by atoms with Crippen LogP contribution < -0.4 is 5.32 Å². The second-order valence-corrected chi connectivity index (χ2v) is 5.47. The summed E-state index contributed by atoms with van der Waals surface area (Å²) in [5.74, 6) is 0.745. The molecule has 1 saturated carbocycles. The van der Waals surface area contributed by atoms with Crippen LogP contribution in [-0.2, 0) is 9.53 Å². The van der Waals surface area contributed by atoms with Crippen molar-refractivity contribution in [1.82, 2.24) is 5.32 Å². The maximum atomic E-state index is 12.1. The number of carbonyl (C=O) groups excluding carboxylic acids is 1. The third kappa shape index (κ3) is 3.44. The maximum absolute atomic E-state index is 12.1. The van der Waals surface area contributed by atoms with Crippen molar-refractivity contribution in [2.24, 2.45) is 11.8 Å². The Morgan fingerprint density at radius 2 is 2.06 bits per heavy atom. The van der Waals surface area contributed by atoms with Crippen LogP contribution >= 0.6 is 0 Å². The van der Waals surface area contributed by atoms with Crippen molar-refractivity contribution in [1.29, 1.82) is 0 Å². The van der Waals surface area contributed by atoms with Gasteiger partial charge in [0.2, 0.25) is 0 Å². The molecule has 3 atom stereocenters. The Morgan fingerprint density at radius 3 is 2.76 bits per heavy atom. The third-order valence-corrected chi connectivity index (χ3v) is 4.26. The van der Waals surface area contributed by atoms with E-state index in [9.17, 15) is 4.79 Å². The number of ether oxygens (including phenoxy) is 1. The average molecular weight is 239 g/mol. The van der Waals surface area contributed by atoms with E-state index in [1.807, 2.05) is 0 Å². The summed E-state index contributed by atoms with van der Waals surface area (Å²) in [6, 6.07) is 0. The van der Waals surface area contributed by atoms with Crippen molar-refractivity contribution >= 4 is 5.97 Å². The highest BCUT2D eigenvalue weighted by Gasteiger charge is 2.30. The normalized spacial score (nSPS) is 34.3. The fraction of sp³-hybridized carbons (Fsp3) is 0.929. The summed E-state index contributed by atoms with van der Waals surface area (Å²) in [7, 11) is 0. The molecule has 1 aliphatic carbocycles. The molecule has 0 aromatic heterocycles. The van der Waals surface area contributed by atoms with E-state index < -0.39 is 0 Å². The Kier molecular flexibility index (Phi) is 4.84. The van der Waals surface area contributed by atoms with Crippen molar-refractivity contribution < 1.29 is 9.53 Å². The van der Waals surface area contributed by atoms with Gasteiger partial charge in [-0.15, -0.1) is 0 Å². The lowest BCUT2D eigenvalue weighted by molar-refractivity contribution is -0.159. The summed E-state index contributed by atoms with van der Waals surface area (Å²) in [6.45, 7) is 4.06. The van der Waals surface area contributed by atoms with Gasteiger partial charge in [0.15, 0.2) is 0 Å². The van der Waals surface area contributed by atoms with Gasteiger partial charge in [0, 0.05) is 6.54 Å². The number of hydrogen-bond donors (Lipinski definition) is 1. The molecule has 98 valence electrons. The largest absolute Gasteiger partial charge is 0.462 e. The standard InChI is InChI=1S/C14H25NO2/c1-2-11-6-3-4-8-13(11)17-14(16)12-7-5-9-15-10-12/h11-13,15H,2-10H2,1H3/t11?,12-,13?/m1/s1. The van der Waals surface area contributed by atoms with E-state index in [0.29, 0.717) is 5.92 Å². The van der Waals surface area contributed by atoms with Crippen LogP contribution in [0, 0.1) is 11.8 Å². The van der Waals surface area contributed by atoms with Crippen LogP contribution in [0.3, 0.4) is 0 Å². The quantitative estimate of drug-likeness (QED) is 0.769.